The second kappa shape index (κ2) is 5.53. The molecule has 1 amide bonds. The minimum absolute atomic E-state index is 0.000741. The van der Waals surface area contributed by atoms with Gasteiger partial charge in [-0.2, -0.15) is 0 Å². The minimum Gasteiger partial charge on any atom is -0.393 e. The van der Waals surface area contributed by atoms with E-state index in [0.717, 1.165) is 6.07 Å². The number of nitro benzene ring substituents is 1. The smallest absolute Gasteiger partial charge is 0.292 e. The van der Waals surface area contributed by atoms with E-state index in [4.69, 9.17) is 5.73 Å². The van der Waals surface area contributed by atoms with Gasteiger partial charge in [0.25, 0.3) is 11.6 Å². The third-order valence-electron chi connectivity index (χ3n) is 2.70. The average molecular weight is 287 g/mol. The highest BCUT2D eigenvalue weighted by Gasteiger charge is 2.16. The van der Waals surface area contributed by atoms with Crippen molar-refractivity contribution in [1.29, 1.82) is 0 Å². The summed E-state index contributed by atoms with van der Waals surface area (Å²) >= 11 is 0. The lowest BCUT2D eigenvalue weighted by Crippen LogP contribution is -2.15. The fourth-order valence-corrected chi connectivity index (χ4v) is 1.80. The lowest BCUT2D eigenvalue weighted by molar-refractivity contribution is -0.383. The van der Waals surface area contributed by atoms with Crippen molar-refractivity contribution in [1.82, 2.24) is 9.97 Å². The molecule has 0 bridgehead atoms. The van der Waals surface area contributed by atoms with Crippen molar-refractivity contribution in [2.24, 2.45) is 0 Å². The van der Waals surface area contributed by atoms with Crippen LogP contribution in [0.2, 0.25) is 0 Å². The highest BCUT2D eigenvalue weighted by Crippen LogP contribution is 2.22. The van der Waals surface area contributed by atoms with E-state index in [1.807, 2.05) is 0 Å². The number of nitrogens with two attached hydrogens (primary N) is 1. The molecule has 0 fully saturated rings. The monoisotopic (exact) mass is 287 g/mol. The van der Waals surface area contributed by atoms with E-state index in [0.29, 0.717) is 11.4 Å². The fourth-order valence-electron chi connectivity index (χ4n) is 1.80. The predicted molar refractivity (Wildman–Crippen MR) is 77.0 cm³/mol. The Bertz CT molecular complexity index is 709. The molecule has 8 heteroatoms. The number of hydrogen-bond acceptors (Lipinski definition) is 6. The predicted octanol–water partition coefficient (Wildman–Crippen LogP) is 1.84. The summed E-state index contributed by atoms with van der Waals surface area (Å²) in [6, 6.07) is 5.60. The molecule has 1 aromatic heterocycles. The van der Waals surface area contributed by atoms with E-state index in [1.165, 1.54) is 12.1 Å². The minimum atomic E-state index is -0.639. The van der Waals surface area contributed by atoms with E-state index in [2.05, 4.69) is 15.3 Å². The number of rotatable bonds is 3. The summed E-state index contributed by atoms with van der Waals surface area (Å²) in [6.45, 7) is 3.55. The molecule has 0 saturated heterocycles. The first kappa shape index (κ1) is 14.4. The number of nitrogen functional groups attached to an aromatic ring is 1. The lowest BCUT2D eigenvalue weighted by atomic mass is 10.1. The highest BCUT2D eigenvalue weighted by atomic mass is 16.6. The number of carbonyl (C=O) groups excluding carboxylic acids is 1. The molecule has 1 aromatic carbocycles. The van der Waals surface area contributed by atoms with E-state index in [9.17, 15) is 14.9 Å². The number of aromatic nitrogens is 2. The number of benzene rings is 1. The van der Waals surface area contributed by atoms with Crippen molar-refractivity contribution in [2.75, 3.05) is 11.1 Å². The summed E-state index contributed by atoms with van der Waals surface area (Å²) in [5.74, 6) is -0.389. The van der Waals surface area contributed by atoms with Gasteiger partial charge in [-0.3, -0.25) is 20.2 Å². The van der Waals surface area contributed by atoms with Gasteiger partial charge in [-0.1, -0.05) is 0 Å². The normalized spacial score (nSPS) is 10.2. The van der Waals surface area contributed by atoms with E-state index >= 15 is 0 Å². The molecule has 8 nitrogen and oxygen atoms in total. The van der Waals surface area contributed by atoms with Crippen LogP contribution in [0.4, 0.5) is 17.3 Å². The van der Waals surface area contributed by atoms with Crippen LogP contribution in [-0.2, 0) is 0 Å². The van der Waals surface area contributed by atoms with E-state index < -0.39 is 10.8 Å². The first-order valence-corrected chi connectivity index (χ1v) is 6.04. The second-order valence-electron chi connectivity index (χ2n) is 4.46. The summed E-state index contributed by atoms with van der Waals surface area (Å²) in [6.07, 6.45) is 0. The summed E-state index contributed by atoms with van der Waals surface area (Å²) in [4.78, 5) is 30.4. The van der Waals surface area contributed by atoms with Gasteiger partial charge in [0.1, 0.15) is 5.69 Å². The zero-order chi connectivity index (χ0) is 15.6. The number of hydrogen-bond donors (Lipinski definition) is 2. The van der Waals surface area contributed by atoms with Gasteiger partial charge in [0.05, 0.1) is 4.92 Å². The van der Waals surface area contributed by atoms with Gasteiger partial charge in [-0.15, -0.1) is 0 Å². The van der Waals surface area contributed by atoms with Crippen LogP contribution in [0.15, 0.2) is 24.3 Å². The molecule has 2 aromatic rings. The Morgan fingerprint density at radius 1 is 1.24 bits per heavy atom. The van der Waals surface area contributed by atoms with Crippen LogP contribution in [0.25, 0.3) is 0 Å². The van der Waals surface area contributed by atoms with Crippen LogP contribution in [-0.4, -0.2) is 20.8 Å². The molecule has 0 saturated carbocycles. The van der Waals surface area contributed by atoms with Crippen molar-refractivity contribution >= 4 is 23.2 Å². The molecular weight excluding hydrogens is 274 g/mol. The quantitative estimate of drug-likeness (QED) is 0.504. The molecular formula is C13H13N5O3. The number of nitrogens with zero attached hydrogens (tertiary/aromatic N) is 3. The van der Waals surface area contributed by atoms with Gasteiger partial charge in [-0.05, 0) is 32.0 Å². The number of nitro groups is 1. The highest BCUT2D eigenvalue weighted by molar-refractivity contribution is 6.04. The van der Waals surface area contributed by atoms with Gasteiger partial charge >= 0.3 is 0 Å². The van der Waals surface area contributed by atoms with Crippen LogP contribution in [0.1, 0.15) is 21.7 Å². The van der Waals surface area contributed by atoms with Crippen LogP contribution in [0.3, 0.4) is 0 Å². The topological polar surface area (TPSA) is 124 Å². The zero-order valence-electron chi connectivity index (χ0n) is 11.5. The fraction of sp³-hybridized carbons (Fsp3) is 0.154. The molecule has 21 heavy (non-hydrogen) atoms. The molecule has 0 aliphatic rings. The molecule has 0 unspecified atom stereocenters. The molecule has 108 valence electrons. The van der Waals surface area contributed by atoms with Crippen molar-refractivity contribution in [2.45, 2.75) is 13.8 Å². The molecule has 3 N–H and O–H groups in total. The Balaban J connectivity index is 2.28. The standard InChI is InChI=1S/C13H13N5O3/c1-7-5-8(2)16-13(15-7)17-12(19)9-3-4-10(14)11(6-9)18(20)21/h3-6H,14H2,1-2H3,(H,15,16,17,19). The van der Waals surface area contributed by atoms with Crippen LogP contribution < -0.4 is 11.1 Å². The molecule has 0 aliphatic heterocycles. The van der Waals surface area contributed by atoms with Crippen LogP contribution in [0.5, 0.6) is 0 Å². The first-order chi connectivity index (χ1) is 9.86. The van der Waals surface area contributed by atoms with Gasteiger partial charge < -0.3 is 5.73 Å². The molecule has 0 aliphatic carbocycles. The van der Waals surface area contributed by atoms with Crippen molar-refractivity contribution in [3.63, 3.8) is 0 Å². The van der Waals surface area contributed by atoms with E-state index in [-0.39, 0.29) is 22.9 Å². The Hall–Kier alpha value is -3.03. The van der Waals surface area contributed by atoms with Gasteiger partial charge in [-0.25, -0.2) is 9.97 Å². The third-order valence-corrected chi connectivity index (χ3v) is 2.70. The molecule has 0 atom stereocenters. The van der Waals surface area contributed by atoms with Gasteiger partial charge in [0, 0.05) is 23.0 Å². The number of amides is 1. The summed E-state index contributed by atoms with van der Waals surface area (Å²) in [5, 5.41) is 13.3. The van der Waals surface area contributed by atoms with Crippen molar-refractivity contribution < 1.29 is 9.72 Å². The maximum Gasteiger partial charge on any atom is 0.292 e. The lowest BCUT2D eigenvalue weighted by Gasteiger charge is -2.06. The second-order valence-corrected chi connectivity index (χ2v) is 4.46. The molecule has 1 heterocycles. The van der Waals surface area contributed by atoms with Crippen molar-refractivity contribution in [3.05, 3.63) is 51.3 Å². The Morgan fingerprint density at radius 3 is 2.43 bits per heavy atom. The van der Waals surface area contributed by atoms with Crippen LogP contribution >= 0.6 is 0 Å². The largest absolute Gasteiger partial charge is 0.393 e. The van der Waals surface area contributed by atoms with E-state index in [1.54, 1.807) is 19.9 Å². The molecule has 0 radical (unpaired) electrons. The molecule has 0 spiro atoms. The summed E-state index contributed by atoms with van der Waals surface area (Å²) in [7, 11) is 0. The SMILES string of the molecule is Cc1cc(C)nc(NC(=O)c2ccc(N)c([N+](=O)[O-])c2)n1. The van der Waals surface area contributed by atoms with Crippen LogP contribution in [0, 0.1) is 24.0 Å². The maximum atomic E-state index is 12.1. The maximum absolute atomic E-state index is 12.1. The number of nitrogens with one attached hydrogen (secondary N) is 1. The summed E-state index contributed by atoms with van der Waals surface area (Å²) < 4.78 is 0. The van der Waals surface area contributed by atoms with Crippen molar-refractivity contribution in [3.8, 4) is 0 Å². The third kappa shape index (κ3) is 3.30. The molecule has 2 rings (SSSR count). The van der Waals surface area contributed by atoms with Gasteiger partial charge in [0.2, 0.25) is 5.95 Å². The summed E-state index contributed by atoms with van der Waals surface area (Å²) in [5.41, 5.74) is 6.70. The Labute approximate surface area is 120 Å². The van der Waals surface area contributed by atoms with Gasteiger partial charge in [0.15, 0.2) is 0 Å². The number of anilines is 2. The average Bonchev–Trinajstić information content (AvgIpc) is 2.37. The number of aryl methyl sites for hydroxylation is 2. The Morgan fingerprint density at radius 2 is 1.86 bits per heavy atom. The number of carbonyl (C=O) groups is 1. The Kier molecular flexibility index (Phi) is 3.79. The zero-order valence-corrected chi connectivity index (χ0v) is 11.5. The first-order valence-electron chi connectivity index (χ1n) is 6.04.